The molecule has 1 atom stereocenters. The number of rotatable bonds is 4. The molecule has 1 N–H and O–H groups in total. The Hall–Kier alpha value is -1.62. The van der Waals surface area contributed by atoms with E-state index in [1.54, 1.807) is 12.1 Å². The Morgan fingerprint density at radius 1 is 1.25 bits per heavy atom. The van der Waals surface area contributed by atoms with E-state index in [0.29, 0.717) is 12.1 Å². The Bertz CT molecular complexity index is 510. The lowest BCUT2D eigenvalue weighted by Gasteiger charge is -2.16. The molecule has 5 heteroatoms. The highest BCUT2D eigenvalue weighted by atomic mass is 79.9. The fourth-order valence-electron chi connectivity index (χ4n) is 1.99. The van der Waals surface area contributed by atoms with Gasteiger partial charge in [0.2, 0.25) is 0 Å². The lowest BCUT2D eigenvalue weighted by Crippen LogP contribution is -2.25. The number of anilines is 1. The van der Waals surface area contributed by atoms with E-state index >= 15 is 0 Å². The minimum Gasteiger partial charge on any atom is -0.455 e. The predicted molar refractivity (Wildman–Crippen MR) is 80.2 cm³/mol. The van der Waals surface area contributed by atoms with Crippen molar-refractivity contribution >= 4 is 33.5 Å². The van der Waals surface area contributed by atoms with Gasteiger partial charge < -0.3 is 10.1 Å². The number of amides is 1. The first-order chi connectivity index (χ1) is 9.65. The number of esters is 1. The van der Waals surface area contributed by atoms with Crippen molar-refractivity contribution in [2.45, 2.75) is 19.3 Å². The maximum absolute atomic E-state index is 11.8. The zero-order valence-corrected chi connectivity index (χ0v) is 12.6. The first-order valence-electron chi connectivity index (χ1n) is 6.52. The summed E-state index contributed by atoms with van der Waals surface area (Å²) in [5.74, 6) is -0.729. The van der Waals surface area contributed by atoms with Gasteiger partial charge in [-0.2, -0.15) is 0 Å². The van der Waals surface area contributed by atoms with Gasteiger partial charge in [-0.3, -0.25) is 9.59 Å². The highest BCUT2D eigenvalue weighted by Gasteiger charge is 2.20. The average molecular weight is 338 g/mol. The Kier molecular flexibility index (Phi) is 5.35. The van der Waals surface area contributed by atoms with Gasteiger partial charge in [-0.05, 0) is 43.5 Å². The molecule has 0 bridgehead atoms. The van der Waals surface area contributed by atoms with Gasteiger partial charge in [-0.25, -0.2) is 0 Å². The molecule has 0 radical (unpaired) electrons. The molecule has 0 aromatic heterocycles. The maximum Gasteiger partial charge on any atom is 0.309 e. The van der Waals surface area contributed by atoms with Gasteiger partial charge in [0.05, 0.1) is 5.92 Å². The standard InChI is InChI=1S/C15H16BrNO3/c16-12-6-8-13(9-7-12)17-14(18)10-20-15(19)11-4-2-1-3-5-11/h1-2,6-9,11H,3-5,10H2,(H,17,18)/t11-/m1/s1. The molecule has 2 rings (SSSR count). The van der Waals surface area contributed by atoms with E-state index in [0.717, 1.165) is 17.3 Å². The Labute approximate surface area is 126 Å². The van der Waals surface area contributed by atoms with Gasteiger partial charge in [-0.15, -0.1) is 0 Å². The minimum absolute atomic E-state index is 0.111. The molecule has 1 aliphatic rings. The monoisotopic (exact) mass is 337 g/mol. The molecule has 0 aliphatic heterocycles. The summed E-state index contributed by atoms with van der Waals surface area (Å²) >= 11 is 3.32. The van der Waals surface area contributed by atoms with Crippen LogP contribution in [0.25, 0.3) is 0 Å². The zero-order valence-electron chi connectivity index (χ0n) is 11.0. The van der Waals surface area contributed by atoms with E-state index in [4.69, 9.17) is 4.74 Å². The third kappa shape index (κ3) is 4.49. The van der Waals surface area contributed by atoms with E-state index in [-0.39, 0.29) is 24.4 Å². The number of ether oxygens (including phenoxy) is 1. The van der Waals surface area contributed by atoms with E-state index in [9.17, 15) is 9.59 Å². The summed E-state index contributed by atoms with van der Waals surface area (Å²) in [6, 6.07) is 7.21. The smallest absolute Gasteiger partial charge is 0.309 e. The van der Waals surface area contributed by atoms with Gasteiger partial charge in [0.15, 0.2) is 6.61 Å². The second-order valence-corrected chi connectivity index (χ2v) is 5.56. The Morgan fingerprint density at radius 2 is 2.00 bits per heavy atom. The van der Waals surface area contributed by atoms with Crippen molar-refractivity contribution in [3.63, 3.8) is 0 Å². The number of halogens is 1. The van der Waals surface area contributed by atoms with Crippen LogP contribution in [0.4, 0.5) is 5.69 Å². The molecule has 1 aromatic carbocycles. The number of carbonyl (C=O) groups excluding carboxylic acids is 2. The largest absolute Gasteiger partial charge is 0.455 e. The molecule has 0 spiro atoms. The third-order valence-electron chi connectivity index (χ3n) is 3.08. The van der Waals surface area contributed by atoms with Crippen LogP contribution in [0, 0.1) is 5.92 Å². The van der Waals surface area contributed by atoms with Gasteiger partial charge in [0.1, 0.15) is 0 Å². The maximum atomic E-state index is 11.8. The van der Waals surface area contributed by atoms with E-state index in [1.165, 1.54) is 0 Å². The molecule has 1 aliphatic carbocycles. The third-order valence-corrected chi connectivity index (χ3v) is 3.60. The Morgan fingerprint density at radius 3 is 2.65 bits per heavy atom. The van der Waals surface area contributed by atoms with Crippen molar-refractivity contribution in [2.24, 2.45) is 5.92 Å². The van der Waals surface area contributed by atoms with Crippen LogP contribution in [-0.2, 0) is 14.3 Å². The fraction of sp³-hybridized carbons (Fsp3) is 0.333. The summed E-state index contributed by atoms with van der Waals surface area (Å²) < 4.78 is 5.98. The number of allylic oxidation sites excluding steroid dienone is 2. The predicted octanol–water partition coefficient (Wildman–Crippen LogP) is 3.29. The number of hydrogen-bond acceptors (Lipinski definition) is 3. The van der Waals surface area contributed by atoms with Crippen molar-refractivity contribution in [3.05, 3.63) is 40.9 Å². The lowest BCUT2D eigenvalue weighted by atomic mass is 9.95. The average Bonchev–Trinajstić information content (AvgIpc) is 2.48. The van der Waals surface area contributed by atoms with Crippen LogP contribution in [0.5, 0.6) is 0 Å². The van der Waals surface area contributed by atoms with Crippen molar-refractivity contribution < 1.29 is 14.3 Å². The molecule has 0 saturated heterocycles. The van der Waals surface area contributed by atoms with Crippen LogP contribution in [0.1, 0.15) is 19.3 Å². The summed E-state index contributed by atoms with van der Waals surface area (Å²) in [5.41, 5.74) is 0.676. The van der Waals surface area contributed by atoms with Gasteiger partial charge in [0.25, 0.3) is 5.91 Å². The van der Waals surface area contributed by atoms with Crippen molar-refractivity contribution in [1.29, 1.82) is 0 Å². The van der Waals surface area contributed by atoms with E-state index in [1.807, 2.05) is 18.2 Å². The van der Waals surface area contributed by atoms with Crippen LogP contribution in [0.2, 0.25) is 0 Å². The molecule has 0 saturated carbocycles. The number of benzene rings is 1. The normalized spacial score (nSPS) is 17.6. The fourth-order valence-corrected chi connectivity index (χ4v) is 2.26. The number of hydrogen-bond donors (Lipinski definition) is 1. The molecular weight excluding hydrogens is 322 g/mol. The van der Waals surface area contributed by atoms with Gasteiger partial charge in [0, 0.05) is 10.2 Å². The highest BCUT2D eigenvalue weighted by molar-refractivity contribution is 9.10. The summed E-state index contributed by atoms with van der Waals surface area (Å²) in [4.78, 5) is 23.4. The molecular formula is C15H16BrNO3. The topological polar surface area (TPSA) is 55.4 Å². The molecule has 106 valence electrons. The molecule has 4 nitrogen and oxygen atoms in total. The molecule has 0 fully saturated rings. The Balaban J connectivity index is 1.75. The second kappa shape index (κ2) is 7.24. The number of nitrogens with one attached hydrogen (secondary N) is 1. The first kappa shape index (κ1) is 14.8. The lowest BCUT2D eigenvalue weighted by molar-refractivity contribution is -0.151. The molecule has 0 heterocycles. The van der Waals surface area contributed by atoms with E-state index < -0.39 is 0 Å². The van der Waals surface area contributed by atoms with Gasteiger partial charge in [-0.1, -0.05) is 28.1 Å². The van der Waals surface area contributed by atoms with Crippen LogP contribution in [0.15, 0.2) is 40.9 Å². The zero-order chi connectivity index (χ0) is 14.4. The quantitative estimate of drug-likeness (QED) is 0.677. The van der Waals surface area contributed by atoms with Crippen LogP contribution in [-0.4, -0.2) is 18.5 Å². The molecule has 1 amide bonds. The van der Waals surface area contributed by atoms with Crippen LogP contribution < -0.4 is 5.32 Å². The van der Waals surface area contributed by atoms with Crippen LogP contribution in [0.3, 0.4) is 0 Å². The molecule has 0 unspecified atom stereocenters. The van der Waals surface area contributed by atoms with Crippen molar-refractivity contribution in [2.75, 3.05) is 11.9 Å². The first-order valence-corrected chi connectivity index (χ1v) is 7.31. The molecule has 20 heavy (non-hydrogen) atoms. The SMILES string of the molecule is O=C(COC(=O)[C@@H]1CC=CCC1)Nc1ccc(Br)cc1. The van der Waals surface area contributed by atoms with Crippen LogP contribution >= 0.6 is 15.9 Å². The summed E-state index contributed by atoms with van der Waals surface area (Å²) in [5, 5.41) is 2.68. The summed E-state index contributed by atoms with van der Waals surface area (Å²) in [7, 11) is 0. The van der Waals surface area contributed by atoms with Crippen molar-refractivity contribution in [3.8, 4) is 0 Å². The summed E-state index contributed by atoms with van der Waals surface area (Å²) in [6.45, 7) is -0.241. The van der Waals surface area contributed by atoms with Crippen molar-refractivity contribution in [1.82, 2.24) is 0 Å². The summed E-state index contributed by atoms with van der Waals surface area (Å²) in [6.07, 6.45) is 6.43. The molecule has 1 aromatic rings. The second-order valence-electron chi connectivity index (χ2n) is 4.64. The van der Waals surface area contributed by atoms with E-state index in [2.05, 4.69) is 27.3 Å². The minimum atomic E-state index is -0.327. The number of carbonyl (C=O) groups is 2. The van der Waals surface area contributed by atoms with Gasteiger partial charge >= 0.3 is 5.97 Å². The highest BCUT2D eigenvalue weighted by Crippen LogP contribution is 2.19.